The Kier molecular flexibility index (Phi) is 3.06. The van der Waals surface area contributed by atoms with Crippen LogP contribution in [-0.2, 0) is 12.8 Å². The summed E-state index contributed by atoms with van der Waals surface area (Å²) in [4.78, 5) is 6.83. The maximum atomic E-state index is 9.06. The van der Waals surface area contributed by atoms with Gasteiger partial charge in [0.1, 0.15) is 5.82 Å². The average molecular weight is 267 g/mol. The van der Waals surface area contributed by atoms with Gasteiger partial charge in [-0.3, -0.25) is 0 Å². The van der Waals surface area contributed by atoms with Gasteiger partial charge in [-0.25, -0.2) is 4.98 Å². The number of aromatic hydroxyl groups is 1. The van der Waals surface area contributed by atoms with E-state index in [2.05, 4.69) is 38.0 Å². The van der Waals surface area contributed by atoms with Crippen molar-refractivity contribution in [1.29, 1.82) is 0 Å². The Morgan fingerprint density at radius 2 is 1.93 bits per heavy atom. The molecule has 2 aromatic rings. The largest absolute Gasteiger partial charge is 0.493 e. The highest BCUT2D eigenvalue weighted by atomic mass is 79.9. The molecule has 0 saturated carbocycles. The third kappa shape index (κ3) is 2.83. The number of nitrogens with zero attached hydrogens (tertiary/aromatic N) is 1. The summed E-state index contributed by atoms with van der Waals surface area (Å²) in [6.45, 7) is 0. The van der Waals surface area contributed by atoms with Crippen molar-refractivity contribution in [1.82, 2.24) is 9.97 Å². The minimum Gasteiger partial charge on any atom is -0.493 e. The standard InChI is InChI=1S/C11H11BrN2O/c12-9-4-1-8(2-5-9)3-6-10-13-7-11(15)14-10/h1-2,4-5,7,15H,3,6H2,(H,13,14). The zero-order valence-corrected chi connectivity index (χ0v) is 9.66. The molecular formula is C11H11BrN2O. The van der Waals surface area contributed by atoms with Gasteiger partial charge in [0, 0.05) is 10.9 Å². The Bertz CT molecular complexity index is 436. The number of imidazole rings is 1. The summed E-state index contributed by atoms with van der Waals surface area (Å²) in [7, 11) is 0. The Hall–Kier alpha value is -1.29. The predicted molar refractivity (Wildman–Crippen MR) is 61.8 cm³/mol. The van der Waals surface area contributed by atoms with Crippen molar-refractivity contribution in [3.8, 4) is 5.88 Å². The predicted octanol–water partition coefficient (Wildman–Crippen LogP) is 2.66. The van der Waals surface area contributed by atoms with Crippen LogP contribution in [0, 0.1) is 0 Å². The van der Waals surface area contributed by atoms with Gasteiger partial charge in [-0.1, -0.05) is 28.1 Å². The van der Waals surface area contributed by atoms with Crippen LogP contribution in [0.15, 0.2) is 34.9 Å². The molecule has 2 rings (SSSR count). The maximum Gasteiger partial charge on any atom is 0.208 e. The molecule has 0 bridgehead atoms. The maximum absolute atomic E-state index is 9.06. The first kappa shape index (κ1) is 10.2. The molecule has 0 aliphatic carbocycles. The molecule has 2 N–H and O–H groups in total. The minimum atomic E-state index is 0.126. The Morgan fingerprint density at radius 1 is 1.20 bits per heavy atom. The summed E-state index contributed by atoms with van der Waals surface area (Å²) in [5.74, 6) is 0.941. The number of nitrogens with one attached hydrogen (secondary N) is 1. The van der Waals surface area contributed by atoms with Crippen molar-refractivity contribution in [3.63, 3.8) is 0 Å². The molecule has 0 unspecified atom stereocenters. The topological polar surface area (TPSA) is 48.9 Å². The van der Waals surface area contributed by atoms with Crippen molar-refractivity contribution >= 4 is 15.9 Å². The van der Waals surface area contributed by atoms with Gasteiger partial charge in [0.25, 0.3) is 0 Å². The fraction of sp³-hybridized carbons (Fsp3) is 0.182. The monoisotopic (exact) mass is 266 g/mol. The van der Waals surface area contributed by atoms with E-state index in [0.29, 0.717) is 0 Å². The number of rotatable bonds is 3. The van der Waals surface area contributed by atoms with Crippen molar-refractivity contribution in [2.45, 2.75) is 12.8 Å². The molecular weight excluding hydrogens is 256 g/mol. The number of aromatic amines is 1. The molecule has 0 spiro atoms. The summed E-state index contributed by atoms with van der Waals surface area (Å²) in [6.07, 6.45) is 3.15. The van der Waals surface area contributed by atoms with Crippen molar-refractivity contribution in [2.75, 3.05) is 0 Å². The smallest absolute Gasteiger partial charge is 0.208 e. The first-order chi connectivity index (χ1) is 7.24. The molecule has 15 heavy (non-hydrogen) atoms. The van der Waals surface area contributed by atoms with Crippen molar-refractivity contribution in [3.05, 3.63) is 46.3 Å². The number of hydrogen-bond acceptors (Lipinski definition) is 2. The first-order valence-electron chi connectivity index (χ1n) is 4.71. The summed E-state index contributed by atoms with van der Waals surface area (Å²) >= 11 is 3.39. The fourth-order valence-electron chi connectivity index (χ4n) is 1.39. The number of H-pyrrole nitrogens is 1. The van der Waals surface area contributed by atoms with E-state index in [0.717, 1.165) is 23.1 Å². The van der Waals surface area contributed by atoms with E-state index in [9.17, 15) is 0 Å². The highest BCUT2D eigenvalue weighted by Gasteiger charge is 1.99. The molecule has 0 fully saturated rings. The summed E-state index contributed by atoms with van der Waals surface area (Å²) in [6, 6.07) is 8.20. The van der Waals surface area contributed by atoms with Gasteiger partial charge >= 0.3 is 0 Å². The fourth-order valence-corrected chi connectivity index (χ4v) is 1.66. The van der Waals surface area contributed by atoms with E-state index in [1.807, 2.05) is 12.1 Å². The van der Waals surface area contributed by atoms with Crippen LogP contribution in [0.5, 0.6) is 5.88 Å². The van der Waals surface area contributed by atoms with Crippen LogP contribution in [0.4, 0.5) is 0 Å². The molecule has 1 heterocycles. The highest BCUT2D eigenvalue weighted by molar-refractivity contribution is 9.10. The molecule has 0 aliphatic heterocycles. The van der Waals surface area contributed by atoms with Gasteiger partial charge in [0.2, 0.25) is 5.88 Å². The number of benzene rings is 1. The van der Waals surface area contributed by atoms with Gasteiger partial charge in [-0.05, 0) is 24.1 Å². The first-order valence-corrected chi connectivity index (χ1v) is 5.50. The minimum absolute atomic E-state index is 0.126. The average Bonchev–Trinajstić information content (AvgIpc) is 2.64. The van der Waals surface area contributed by atoms with Crippen LogP contribution < -0.4 is 0 Å². The van der Waals surface area contributed by atoms with Gasteiger partial charge in [0.05, 0.1) is 6.20 Å². The number of hydrogen-bond donors (Lipinski definition) is 2. The number of aryl methyl sites for hydroxylation is 2. The zero-order chi connectivity index (χ0) is 10.7. The number of aromatic nitrogens is 2. The van der Waals surface area contributed by atoms with Gasteiger partial charge in [-0.15, -0.1) is 0 Å². The van der Waals surface area contributed by atoms with Crippen LogP contribution in [0.1, 0.15) is 11.4 Å². The molecule has 0 amide bonds. The lowest BCUT2D eigenvalue weighted by molar-refractivity contribution is 0.455. The van der Waals surface area contributed by atoms with Crippen LogP contribution >= 0.6 is 15.9 Å². The second kappa shape index (κ2) is 4.49. The Balaban J connectivity index is 1.96. The lowest BCUT2D eigenvalue weighted by Gasteiger charge is -1.99. The summed E-state index contributed by atoms with van der Waals surface area (Å²) in [5.41, 5.74) is 1.26. The van der Waals surface area contributed by atoms with Gasteiger partial charge in [-0.2, -0.15) is 0 Å². The SMILES string of the molecule is Oc1cnc(CCc2ccc(Br)cc2)[nH]1. The lowest BCUT2D eigenvalue weighted by atomic mass is 10.1. The quantitative estimate of drug-likeness (QED) is 0.898. The highest BCUT2D eigenvalue weighted by Crippen LogP contribution is 2.12. The van der Waals surface area contributed by atoms with E-state index in [-0.39, 0.29) is 5.88 Å². The Labute approximate surface area is 96.3 Å². The molecule has 0 aliphatic rings. The van der Waals surface area contributed by atoms with Crippen LogP contribution in [-0.4, -0.2) is 15.1 Å². The summed E-state index contributed by atoms with van der Waals surface area (Å²) in [5, 5.41) is 9.06. The van der Waals surface area contributed by atoms with Crippen molar-refractivity contribution in [2.24, 2.45) is 0 Å². The molecule has 1 aromatic heterocycles. The Morgan fingerprint density at radius 3 is 2.53 bits per heavy atom. The van der Waals surface area contributed by atoms with E-state index in [1.54, 1.807) is 0 Å². The molecule has 4 heteroatoms. The van der Waals surface area contributed by atoms with Crippen LogP contribution in [0.2, 0.25) is 0 Å². The molecule has 1 aromatic carbocycles. The van der Waals surface area contributed by atoms with E-state index < -0.39 is 0 Å². The molecule has 0 radical (unpaired) electrons. The van der Waals surface area contributed by atoms with E-state index in [1.165, 1.54) is 11.8 Å². The third-order valence-electron chi connectivity index (χ3n) is 2.18. The molecule has 3 nitrogen and oxygen atoms in total. The number of halogens is 1. The second-order valence-corrected chi connectivity index (χ2v) is 4.26. The molecule has 0 atom stereocenters. The van der Waals surface area contributed by atoms with E-state index in [4.69, 9.17) is 5.11 Å². The lowest BCUT2D eigenvalue weighted by Crippen LogP contribution is -1.92. The molecule has 78 valence electrons. The van der Waals surface area contributed by atoms with Crippen molar-refractivity contribution < 1.29 is 5.11 Å². The normalized spacial score (nSPS) is 10.5. The molecule has 0 saturated heterocycles. The van der Waals surface area contributed by atoms with Gasteiger partial charge < -0.3 is 10.1 Å². The second-order valence-electron chi connectivity index (χ2n) is 3.34. The van der Waals surface area contributed by atoms with Crippen LogP contribution in [0.25, 0.3) is 0 Å². The van der Waals surface area contributed by atoms with Gasteiger partial charge in [0.15, 0.2) is 0 Å². The van der Waals surface area contributed by atoms with E-state index >= 15 is 0 Å². The zero-order valence-electron chi connectivity index (χ0n) is 8.07. The van der Waals surface area contributed by atoms with Crippen LogP contribution in [0.3, 0.4) is 0 Å². The summed E-state index contributed by atoms with van der Waals surface area (Å²) < 4.78 is 1.09. The third-order valence-corrected chi connectivity index (χ3v) is 2.71.